The van der Waals surface area contributed by atoms with Crippen LogP contribution in [0.15, 0.2) is 48.1 Å². The number of Topliss-reactive ketones (excluding diaryl/α,β-unsaturated/α-hetero) is 2. The van der Waals surface area contributed by atoms with Crippen molar-refractivity contribution in [3.05, 3.63) is 64.2 Å². The quantitative estimate of drug-likeness (QED) is 0.0753. The number of likely N-dealkylation sites (N-methyl/N-ethyl adjacent to an activating group) is 2. The van der Waals surface area contributed by atoms with E-state index in [1.807, 2.05) is 31.2 Å². The third-order valence-electron chi connectivity index (χ3n) is 13.6. The number of benzene rings is 1. The number of amides is 4. The van der Waals surface area contributed by atoms with Crippen LogP contribution in [-0.2, 0) is 55.7 Å². The summed E-state index contributed by atoms with van der Waals surface area (Å²) >= 11 is 7.54. The Morgan fingerprint density at radius 2 is 1.82 bits per heavy atom. The highest BCUT2D eigenvalue weighted by Gasteiger charge is 2.64. The van der Waals surface area contributed by atoms with Gasteiger partial charge in [0.1, 0.15) is 53.6 Å². The third kappa shape index (κ3) is 15.3. The number of carbonyl (C=O) groups is 7. The van der Waals surface area contributed by atoms with Crippen LogP contribution in [0.2, 0.25) is 5.02 Å². The van der Waals surface area contributed by atoms with Crippen molar-refractivity contribution in [2.45, 2.75) is 159 Å². The molecule has 5 rings (SSSR count). The van der Waals surface area contributed by atoms with Crippen molar-refractivity contribution in [3.63, 3.8) is 0 Å². The number of allylic oxidation sites excluding steroid dienone is 4. The van der Waals surface area contributed by atoms with Gasteiger partial charge in [-0.05, 0) is 76.1 Å². The zero-order valence-electron chi connectivity index (χ0n) is 42.3. The Balaban J connectivity index is 1.26. The van der Waals surface area contributed by atoms with E-state index in [0.29, 0.717) is 24.2 Å². The van der Waals surface area contributed by atoms with Crippen LogP contribution in [-0.4, -0.2) is 150 Å². The minimum Gasteiger partial charge on any atom is -0.495 e. The van der Waals surface area contributed by atoms with Gasteiger partial charge in [-0.3, -0.25) is 24.5 Å². The van der Waals surface area contributed by atoms with Gasteiger partial charge >= 0.3 is 18.2 Å². The number of thioether (sulfide) groups is 1. The number of methoxy groups -OCH3 is 2. The Bertz CT molecular complexity index is 2220. The summed E-state index contributed by atoms with van der Waals surface area (Å²) < 4.78 is 35.0. The zero-order chi connectivity index (χ0) is 52.2. The Morgan fingerprint density at radius 1 is 1.07 bits per heavy atom. The normalized spacial score (nSPS) is 29.3. The van der Waals surface area contributed by atoms with E-state index in [0.717, 1.165) is 48.6 Å². The lowest BCUT2D eigenvalue weighted by Gasteiger charge is -2.42. The van der Waals surface area contributed by atoms with E-state index in [9.17, 15) is 38.7 Å². The van der Waals surface area contributed by atoms with Crippen LogP contribution in [0.3, 0.4) is 0 Å². The number of ether oxygens (including phenoxy) is 6. The maximum Gasteiger partial charge on any atom is 0.410 e. The Labute approximate surface area is 425 Å². The fourth-order valence-electron chi connectivity index (χ4n) is 9.10. The van der Waals surface area contributed by atoms with Crippen molar-refractivity contribution in [1.29, 1.82) is 0 Å². The topological polar surface area (TPSA) is 229 Å². The van der Waals surface area contributed by atoms with Crippen LogP contribution >= 0.6 is 23.4 Å². The molecule has 2 aliphatic carbocycles. The number of esters is 1. The number of nitrogens with one attached hydrogen (secondary N) is 2. The van der Waals surface area contributed by atoms with Gasteiger partial charge in [0.2, 0.25) is 5.91 Å². The molecule has 20 heteroatoms. The standard InChI is InChI=1S/C51H71ClN4O14S/c1-10-38(58)37(29-55(6)49(63)67-36-18-14-12-11-13-15-19-36)53-48(62)71-22-21-43(59)56(7)32(4)46(60)69-42-27-35(57)26-34-24-33(25-39(65-8)44(34)52)23-30(2)17-16-20-41(66-9)51(64)28-40(68-47(61)54-51)31(3)45-50(42,5)70-45/h14,16-18,20,24-25,31-32,36-37,40-42,45,64H,10-13,15,19,21-23,26-29H2,1-9H3,(H,53,62)(H,54,61)/b18-14+,20-16+,30-17+/t31-,32+,36?,37?,40+,41-,42+,45+,50+,51+/m1/s1. The van der Waals surface area contributed by atoms with Crippen LogP contribution in [0.5, 0.6) is 5.75 Å². The molecule has 2 unspecified atom stereocenters. The lowest BCUT2D eigenvalue weighted by molar-refractivity contribution is -0.162. The molecule has 1 aromatic carbocycles. The van der Waals surface area contributed by atoms with Crippen LogP contribution in [0.4, 0.5) is 14.4 Å². The molecule has 4 amide bonds. The Kier molecular flexibility index (Phi) is 20.6. The zero-order valence-corrected chi connectivity index (χ0v) is 43.9. The first kappa shape index (κ1) is 57.0. The van der Waals surface area contributed by atoms with Crippen LogP contribution in [0.25, 0.3) is 0 Å². The van der Waals surface area contributed by atoms with E-state index in [1.165, 1.54) is 45.0 Å². The van der Waals surface area contributed by atoms with E-state index in [2.05, 4.69) is 10.6 Å². The summed E-state index contributed by atoms with van der Waals surface area (Å²) in [6.07, 6.45) is 7.99. The van der Waals surface area contributed by atoms with Gasteiger partial charge in [-0.25, -0.2) is 14.4 Å². The number of hydrogen-bond acceptors (Lipinski definition) is 15. The second kappa shape index (κ2) is 25.6. The first-order valence-corrected chi connectivity index (χ1v) is 25.6. The van der Waals surface area contributed by atoms with Gasteiger partial charge < -0.3 is 48.6 Å². The lowest BCUT2D eigenvalue weighted by atomic mass is 9.83. The van der Waals surface area contributed by atoms with Gasteiger partial charge in [-0.15, -0.1) is 0 Å². The number of hydrogen-bond donors (Lipinski definition) is 3. The molecule has 4 bridgehead atoms. The molecule has 2 fully saturated rings. The first-order valence-electron chi connectivity index (χ1n) is 24.3. The highest BCUT2D eigenvalue weighted by atomic mass is 35.5. The van der Waals surface area contributed by atoms with Crippen LogP contribution in [0.1, 0.15) is 104 Å². The van der Waals surface area contributed by atoms with Crippen LogP contribution < -0.4 is 15.4 Å². The molecule has 18 nitrogen and oxygen atoms in total. The molecule has 0 saturated carbocycles. The SMILES string of the molecule is CCC(=O)C(CN(C)C(=O)OC1/C=C/CCCCC1)NC(=O)SCCC(=O)N(C)[C@@H](C)C(=O)O[C@H]1CC(=O)Cc2cc(cc(OC)c2Cl)C/C(C)=C/C=C/[C@@H](OC)[C@@]2(O)C[C@H](OC(=O)N2)[C@@H](C)[C@@H]2O[C@@]12C. The number of ketones is 2. The second-order valence-electron chi connectivity index (χ2n) is 19.1. The van der Waals surface area contributed by atoms with Crippen molar-refractivity contribution in [2.75, 3.05) is 40.6 Å². The van der Waals surface area contributed by atoms with E-state index in [1.54, 1.807) is 39.0 Å². The highest BCUT2D eigenvalue weighted by molar-refractivity contribution is 8.13. The largest absolute Gasteiger partial charge is 0.495 e. The molecule has 0 radical (unpaired) electrons. The summed E-state index contributed by atoms with van der Waals surface area (Å²) in [6, 6.07) is 1.44. The molecular weight excluding hydrogens is 960 g/mol. The van der Waals surface area contributed by atoms with Crippen molar-refractivity contribution >= 4 is 64.2 Å². The number of aliphatic hydroxyl groups is 1. The molecule has 392 valence electrons. The average molecular weight is 1030 g/mol. The lowest BCUT2D eigenvalue weighted by Crippen LogP contribution is -2.63. The molecule has 4 aliphatic rings. The first-order chi connectivity index (χ1) is 33.6. The molecule has 0 aromatic heterocycles. The van der Waals surface area contributed by atoms with Crippen molar-refractivity contribution in [3.8, 4) is 5.75 Å². The van der Waals surface area contributed by atoms with Gasteiger partial charge in [-0.2, -0.15) is 0 Å². The molecular formula is C51H71ClN4O14S. The maximum atomic E-state index is 14.1. The smallest absolute Gasteiger partial charge is 0.410 e. The predicted octanol–water partition coefficient (Wildman–Crippen LogP) is 6.80. The minimum atomic E-state index is -1.87. The molecule has 2 heterocycles. The van der Waals surface area contributed by atoms with Crippen LogP contribution in [0, 0.1) is 5.92 Å². The fourth-order valence-corrected chi connectivity index (χ4v) is 10.0. The highest BCUT2D eigenvalue weighted by Crippen LogP contribution is 2.49. The van der Waals surface area contributed by atoms with Gasteiger partial charge in [0, 0.05) is 65.0 Å². The van der Waals surface area contributed by atoms with Gasteiger partial charge in [0.15, 0.2) is 11.5 Å². The van der Waals surface area contributed by atoms with E-state index in [-0.39, 0.29) is 67.1 Å². The van der Waals surface area contributed by atoms with E-state index >= 15 is 0 Å². The molecule has 71 heavy (non-hydrogen) atoms. The van der Waals surface area contributed by atoms with Crippen molar-refractivity contribution in [2.24, 2.45) is 5.92 Å². The number of fused-ring (bicyclic) bond motifs is 5. The van der Waals surface area contributed by atoms with Gasteiger partial charge in [0.05, 0.1) is 24.8 Å². The van der Waals surface area contributed by atoms with Crippen molar-refractivity contribution in [1.82, 2.24) is 20.4 Å². The van der Waals surface area contributed by atoms with Gasteiger partial charge in [0.25, 0.3) is 5.24 Å². The van der Waals surface area contributed by atoms with E-state index < -0.39 is 83.0 Å². The molecule has 2 saturated heterocycles. The average Bonchev–Trinajstić information content (AvgIpc) is 4.01. The minimum absolute atomic E-state index is 0.000510. The number of rotatable bonds is 14. The molecule has 10 atom stereocenters. The molecule has 0 spiro atoms. The summed E-state index contributed by atoms with van der Waals surface area (Å²) in [5.74, 6) is -2.16. The number of nitrogens with zero attached hydrogens (tertiary/aromatic N) is 2. The summed E-state index contributed by atoms with van der Waals surface area (Å²) in [7, 11) is 5.81. The number of epoxide rings is 1. The third-order valence-corrected chi connectivity index (χ3v) is 14.9. The molecule has 2 aliphatic heterocycles. The summed E-state index contributed by atoms with van der Waals surface area (Å²) in [5, 5.41) is 16.7. The number of carbonyl (C=O) groups excluding carboxylic acids is 7. The monoisotopic (exact) mass is 1030 g/mol. The van der Waals surface area contributed by atoms with E-state index in [4.69, 9.17) is 40.0 Å². The maximum absolute atomic E-state index is 14.1. The fraction of sp³-hybridized carbons (Fsp3) is 0.627. The molecule has 3 N–H and O–H groups in total. The number of alkyl carbamates (subject to hydrolysis) is 1. The summed E-state index contributed by atoms with van der Waals surface area (Å²) in [5.41, 5.74) is -0.934. The molecule has 1 aromatic rings. The van der Waals surface area contributed by atoms with Crippen molar-refractivity contribution < 1.29 is 67.1 Å². The number of halogens is 1. The Hall–Kier alpha value is -4.95. The Morgan fingerprint density at radius 3 is 2.52 bits per heavy atom. The summed E-state index contributed by atoms with van der Waals surface area (Å²) in [4.78, 5) is 95.9. The summed E-state index contributed by atoms with van der Waals surface area (Å²) in [6.45, 7) is 8.38. The van der Waals surface area contributed by atoms with Gasteiger partial charge in [-0.1, -0.05) is 79.6 Å². The second-order valence-corrected chi connectivity index (χ2v) is 20.5. The predicted molar refractivity (Wildman–Crippen MR) is 266 cm³/mol.